The van der Waals surface area contributed by atoms with Crippen molar-refractivity contribution in [1.82, 2.24) is 0 Å². The quantitative estimate of drug-likeness (QED) is 0.484. The molecule has 1 heteroatoms. The van der Waals surface area contributed by atoms with Crippen LogP contribution in [0.4, 0.5) is 0 Å². The van der Waals surface area contributed by atoms with E-state index in [9.17, 15) is 5.11 Å². The number of hydrogen-bond donors (Lipinski definition) is 1. The molecule has 82 valence electrons. The summed E-state index contributed by atoms with van der Waals surface area (Å²) >= 11 is 0. The van der Waals surface area contributed by atoms with Crippen LogP contribution in [0.25, 0.3) is 0 Å². The fourth-order valence-electron chi connectivity index (χ4n) is 1.30. The molecule has 0 aliphatic heterocycles. The highest BCUT2D eigenvalue weighted by molar-refractivity contribution is 4.96. The minimum atomic E-state index is -0.300. The van der Waals surface area contributed by atoms with E-state index in [4.69, 9.17) is 0 Å². The molecule has 14 heavy (non-hydrogen) atoms. The highest BCUT2D eigenvalue weighted by Crippen LogP contribution is 2.07. The SMILES string of the molecule is CCCCCCCC(O)C=C=C(C)C. The van der Waals surface area contributed by atoms with Crippen LogP contribution < -0.4 is 0 Å². The number of rotatable bonds is 7. The maximum Gasteiger partial charge on any atom is 0.0794 e. The Hall–Kier alpha value is -0.520. The second-order valence-electron chi connectivity index (χ2n) is 4.08. The zero-order valence-corrected chi connectivity index (χ0v) is 9.84. The van der Waals surface area contributed by atoms with Crippen LogP contribution in [0.5, 0.6) is 0 Å². The van der Waals surface area contributed by atoms with Crippen LogP contribution >= 0.6 is 0 Å². The molecule has 0 aliphatic carbocycles. The molecule has 0 rings (SSSR count). The Kier molecular flexibility index (Phi) is 8.72. The van der Waals surface area contributed by atoms with Gasteiger partial charge in [-0.25, -0.2) is 0 Å². The number of aliphatic hydroxyl groups is 1. The standard InChI is InChI=1S/C13H24O/c1-4-5-6-7-8-9-13(14)11-10-12(2)3/h11,13-14H,4-9H2,1-3H3. The minimum absolute atomic E-state index is 0.300. The van der Waals surface area contributed by atoms with Crippen molar-refractivity contribution in [1.29, 1.82) is 0 Å². The monoisotopic (exact) mass is 196 g/mol. The first-order valence-electron chi connectivity index (χ1n) is 5.75. The molecule has 0 aromatic carbocycles. The molecule has 0 radical (unpaired) electrons. The topological polar surface area (TPSA) is 20.2 Å². The highest BCUT2D eigenvalue weighted by Gasteiger charge is 1.97. The molecule has 0 spiro atoms. The van der Waals surface area contributed by atoms with Crippen LogP contribution in [0.3, 0.4) is 0 Å². The maximum atomic E-state index is 9.52. The Morgan fingerprint density at radius 2 is 1.86 bits per heavy atom. The summed E-state index contributed by atoms with van der Waals surface area (Å²) in [6.07, 6.45) is 8.62. The summed E-state index contributed by atoms with van der Waals surface area (Å²) < 4.78 is 0. The largest absolute Gasteiger partial charge is 0.388 e. The van der Waals surface area contributed by atoms with Crippen molar-refractivity contribution in [2.24, 2.45) is 0 Å². The van der Waals surface area contributed by atoms with E-state index in [1.165, 1.54) is 25.7 Å². The molecule has 0 saturated carbocycles. The molecule has 0 aliphatic rings. The predicted molar refractivity (Wildman–Crippen MR) is 62.3 cm³/mol. The average Bonchev–Trinajstić information content (AvgIpc) is 2.14. The highest BCUT2D eigenvalue weighted by atomic mass is 16.3. The molecule has 0 aromatic heterocycles. The van der Waals surface area contributed by atoms with Gasteiger partial charge < -0.3 is 5.11 Å². The van der Waals surface area contributed by atoms with E-state index in [-0.39, 0.29) is 6.10 Å². The van der Waals surface area contributed by atoms with Crippen LogP contribution in [-0.4, -0.2) is 11.2 Å². The van der Waals surface area contributed by atoms with E-state index >= 15 is 0 Å². The molecule has 1 atom stereocenters. The number of aliphatic hydroxyl groups excluding tert-OH is 1. The molecule has 0 heterocycles. The molecule has 0 bridgehead atoms. The zero-order valence-electron chi connectivity index (χ0n) is 9.84. The van der Waals surface area contributed by atoms with Crippen LogP contribution in [0.15, 0.2) is 17.4 Å². The van der Waals surface area contributed by atoms with Gasteiger partial charge in [-0.2, -0.15) is 0 Å². The zero-order chi connectivity index (χ0) is 10.8. The van der Waals surface area contributed by atoms with E-state index in [2.05, 4.69) is 12.7 Å². The van der Waals surface area contributed by atoms with E-state index in [0.29, 0.717) is 0 Å². The summed E-state index contributed by atoms with van der Waals surface area (Å²) in [6.45, 7) is 6.20. The van der Waals surface area contributed by atoms with Crippen molar-refractivity contribution in [2.75, 3.05) is 0 Å². The third kappa shape index (κ3) is 9.57. The maximum absolute atomic E-state index is 9.52. The predicted octanol–water partition coefficient (Wildman–Crippen LogP) is 3.83. The summed E-state index contributed by atoms with van der Waals surface area (Å²) in [4.78, 5) is 0. The Labute approximate surface area is 88.5 Å². The molecular formula is C13H24O. The van der Waals surface area contributed by atoms with Crippen molar-refractivity contribution in [3.63, 3.8) is 0 Å². The van der Waals surface area contributed by atoms with Crippen molar-refractivity contribution in [3.8, 4) is 0 Å². The fraction of sp³-hybridized carbons (Fsp3) is 0.769. The van der Waals surface area contributed by atoms with Crippen LogP contribution in [0.2, 0.25) is 0 Å². The molecule has 0 fully saturated rings. The normalized spacial score (nSPS) is 12.0. The molecular weight excluding hydrogens is 172 g/mol. The van der Waals surface area contributed by atoms with Gasteiger partial charge in [-0.3, -0.25) is 0 Å². The van der Waals surface area contributed by atoms with Crippen molar-refractivity contribution in [3.05, 3.63) is 17.4 Å². The average molecular weight is 196 g/mol. The summed E-state index contributed by atoms with van der Waals surface area (Å²) in [5.74, 6) is 0. The van der Waals surface area contributed by atoms with Gasteiger partial charge in [0.05, 0.1) is 6.10 Å². The Morgan fingerprint density at radius 3 is 2.43 bits per heavy atom. The van der Waals surface area contributed by atoms with Crippen molar-refractivity contribution < 1.29 is 5.11 Å². The third-order valence-corrected chi connectivity index (χ3v) is 2.17. The van der Waals surface area contributed by atoms with Gasteiger partial charge in [-0.15, -0.1) is 5.73 Å². The lowest BCUT2D eigenvalue weighted by atomic mass is 10.1. The van der Waals surface area contributed by atoms with Gasteiger partial charge in [0.1, 0.15) is 0 Å². The van der Waals surface area contributed by atoms with Crippen molar-refractivity contribution in [2.45, 2.75) is 65.4 Å². The lowest BCUT2D eigenvalue weighted by Gasteiger charge is -2.03. The summed E-state index contributed by atoms with van der Waals surface area (Å²) in [6, 6.07) is 0. The second kappa shape index (κ2) is 9.05. The van der Waals surface area contributed by atoms with Gasteiger partial charge in [-0.1, -0.05) is 39.0 Å². The molecule has 0 aromatic rings. The van der Waals surface area contributed by atoms with Gasteiger partial charge in [-0.05, 0) is 31.9 Å². The smallest absolute Gasteiger partial charge is 0.0794 e. The lowest BCUT2D eigenvalue weighted by molar-refractivity contribution is 0.208. The van der Waals surface area contributed by atoms with Gasteiger partial charge >= 0.3 is 0 Å². The minimum Gasteiger partial charge on any atom is -0.388 e. The molecule has 1 N–H and O–H groups in total. The van der Waals surface area contributed by atoms with E-state index in [1.807, 2.05) is 13.8 Å². The summed E-state index contributed by atoms with van der Waals surface area (Å²) in [7, 11) is 0. The summed E-state index contributed by atoms with van der Waals surface area (Å²) in [5.41, 5.74) is 4.16. The van der Waals surface area contributed by atoms with E-state index in [1.54, 1.807) is 6.08 Å². The molecule has 0 amide bonds. The summed E-state index contributed by atoms with van der Waals surface area (Å²) in [5, 5.41) is 9.52. The lowest BCUT2D eigenvalue weighted by Crippen LogP contribution is -2.00. The second-order valence-corrected chi connectivity index (χ2v) is 4.08. The number of hydrogen-bond acceptors (Lipinski definition) is 1. The van der Waals surface area contributed by atoms with E-state index < -0.39 is 0 Å². The first-order chi connectivity index (χ1) is 6.66. The van der Waals surface area contributed by atoms with Crippen LogP contribution in [-0.2, 0) is 0 Å². The molecule has 1 nitrogen and oxygen atoms in total. The van der Waals surface area contributed by atoms with Gasteiger partial charge in [0.2, 0.25) is 0 Å². The van der Waals surface area contributed by atoms with Crippen LogP contribution in [0, 0.1) is 0 Å². The molecule has 0 saturated heterocycles. The van der Waals surface area contributed by atoms with Gasteiger partial charge in [0.25, 0.3) is 0 Å². The van der Waals surface area contributed by atoms with E-state index in [0.717, 1.165) is 18.4 Å². The first-order valence-corrected chi connectivity index (χ1v) is 5.75. The first kappa shape index (κ1) is 13.5. The van der Waals surface area contributed by atoms with Crippen LogP contribution in [0.1, 0.15) is 59.3 Å². The number of unbranched alkanes of at least 4 members (excludes halogenated alkanes) is 4. The van der Waals surface area contributed by atoms with Gasteiger partial charge in [0.15, 0.2) is 0 Å². The Balaban J connectivity index is 3.45. The Bertz CT molecular complexity index is 183. The molecule has 1 unspecified atom stereocenters. The fourth-order valence-corrected chi connectivity index (χ4v) is 1.30. The van der Waals surface area contributed by atoms with Gasteiger partial charge in [0, 0.05) is 0 Å². The third-order valence-electron chi connectivity index (χ3n) is 2.17. The Morgan fingerprint density at radius 1 is 1.21 bits per heavy atom. The van der Waals surface area contributed by atoms with Crippen molar-refractivity contribution >= 4 is 0 Å².